The first-order chi connectivity index (χ1) is 12.4. The Balaban J connectivity index is 0.00000261. The fourth-order valence-corrected chi connectivity index (χ4v) is 2.64. The molecule has 5 nitrogen and oxygen atoms in total. The van der Waals surface area contributed by atoms with Gasteiger partial charge in [0.15, 0.2) is 18.9 Å². The van der Waals surface area contributed by atoms with Crippen molar-refractivity contribution in [2.75, 3.05) is 0 Å². The van der Waals surface area contributed by atoms with E-state index in [1.54, 1.807) is 0 Å². The van der Waals surface area contributed by atoms with Crippen molar-refractivity contribution in [3.8, 4) is 0 Å². The zero-order valence-electron chi connectivity index (χ0n) is 15.8. The van der Waals surface area contributed by atoms with Gasteiger partial charge in [0.05, 0.1) is 12.2 Å². The number of nitrogens with zero attached hydrogens (tertiary/aromatic N) is 2. The molecule has 1 amide bonds. The van der Waals surface area contributed by atoms with Gasteiger partial charge in [0.1, 0.15) is 5.60 Å². The number of nitrogens with one attached hydrogen (secondary N) is 1. The molecule has 0 saturated heterocycles. The van der Waals surface area contributed by atoms with Gasteiger partial charge in [-0.15, -0.1) is 0 Å². The molecule has 0 bridgehead atoms. The second-order valence-corrected chi connectivity index (χ2v) is 7.26. The lowest BCUT2D eigenvalue weighted by molar-refractivity contribution is -0.687. The van der Waals surface area contributed by atoms with Crippen LogP contribution in [0.1, 0.15) is 32.0 Å². The van der Waals surface area contributed by atoms with E-state index in [2.05, 4.69) is 45.5 Å². The molecule has 2 aromatic heterocycles. The molecule has 1 aromatic carbocycles. The predicted octanol–water partition coefficient (Wildman–Crippen LogP) is 0.599. The Labute approximate surface area is 170 Å². The van der Waals surface area contributed by atoms with Crippen molar-refractivity contribution in [2.45, 2.75) is 39.5 Å². The van der Waals surface area contributed by atoms with Crippen LogP contribution in [-0.2, 0) is 17.8 Å². The molecule has 6 heteroatoms. The van der Waals surface area contributed by atoms with Crippen LogP contribution >= 0.6 is 0 Å². The van der Waals surface area contributed by atoms with Crippen LogP contribution in [0.5, 0.6) is 0 Å². The van der Waals surface area contributed by atoms with E-state index in [-0.39, 0.29) is 17.0 Å². The van der Waals surface area contributed by atoms with Crippen LogP contribution in [0.2, 0.25) is 0 Å². The van der Waals surface area contributed by atoms with Crippen LogP contribution in [-0.4, -0.2) is 16.7 Å². The number of benzene rings is 1. The molecule has 0 atom stereocenters. The Bertz CT molecular complexity index is 908. The second kappa shape index (κ2) is 8.95. The number of halogens is 1. The van der Waals surface area contributed by atoms with Crippen molar-refractivity contribution < 1.29 is 31.1 Å². The summed E-state index contributed by atoms with van der Waals surface area (Å²) in [6.07, 6.45) is 5.54. The minimum Gasteiger partial charge on any atom is -1.00 e. The summed E-state index contributed by atoms with van der Waals surface area (Å²) in [5.74, 6) is 0. The van der Waals surface area contributed by atoms with Crippen LogP contribution in [0.15, 0.2) is 61.1 Å². The number of alkyl carbamates (subject to hydrolysis) is 1. The number of fused-ring (bicyclic) bond motifs is 1. The molecule has 1 N–H and O–H groups in total. The molecule has 2 heterocycles. The average molecular weight is 430 g/mol. The molecule has 0 unspecified atom stereocenters. The number of hydrogen-bond donors (Lipinski definition) is 1. The highest BCUT2D eigenvalue weighted by Crippen LogP contribution is 2.12. The SMILES string of the molecule is CC(C)(C)OC(=O)NCc1cc2c[n+](Cc3ccccc3)ccc2cn1.[Br-]. The van der Waals surface area contributed by atoms with Gasteiger partial charge in [0, 0.05) is 28.6 Å². The Hall–Kier alpha value is -2.47. The fourth-order valence-electron chi connectivity index (χ4n) is 2.64. The van der Waals surface area contributed by atoms with Gasteiger partial charge >= 0.3 is 6.09 Å². The van der Waals surface area contributed by atoms with Crippen molar-refractivity contribution in [1.29, 1.82) is 0 Å². The number of carbonyl (C=O) groups excluding carboxylic acids is 1. The Kier molecular flexibility index (Phi) is 6.91. The molecule has 0 aliphatic rings. The van der Waals surface area contributed by atoms with Crippen LogP contribution in [0.4, 0.5) is 4.79 Å². The van der Waals surface area contributed by atoms with E-state index < -0.39 is 11.7 Å². The third-order valence-electron chi connectivity index (χ3n) is 3.80. The molecule has 0 aliphatic carbocycles. The van der Waals surface area contributed by atoms with E-state index in [1.807, 2.05) is 51.2 Å². The van der Waals surface area contributed by atoms with E-state index in [4.69, 9.17) is 4.74 Å². The molecule has 0 aliphatic heterocycles. The second-order valence-electron chi connectivity index (χ2n) is 7.26. The lowest BCUT2D eigenvalue weighted by Crippen LogP contribution is -3.00. The molecule has 0 radical (unpaired) electrons. The zero-order valence-corrected chi connectivity index (χ0v) is 17.4. The summed E-state index contributed by atoms with van der Waals surface area (Å²) < 4.78 is 7.39. The van der Waals surface area contributed by atoms with E-state index >= 15 is 0 Å². The molecule has 0 spiro atoms. The molecule has 142 valence electrons. The standard InChI is InChI=1S/C21H23N3O2.BrH/c1-21(2,3)26-20(25)23-13-19-11-18-15-24(10-9-17(18)12-22-19)14-16-7-5-4-6-8-16;/h4-12,15H,13-14H2,1-3H3;1H. The summed E-state index contributed by atoms with van der Waals surface area (Å²) in [5, 5.41) is 4.89. The number of hydrogen-bond acceptors (Lipinski definition) is 3. The van der Waals surface area contributed by atoms with E-state index in [0.717, 1.165) is 23.0 Å². The van der Waals surface area contributed by atoms with Gasteiger partial charge in [-0.1, -0.05) is 30.3 Å². The molecule has 27 heavy (non-hydrogen) atoms. The number of ether oxygens (including phenoxy) is 1. The highest BCUT2D eigenvalue weighted by molar-refractivity contribution is 5.80. The first-order valence-electron chi connectivity index (χ1n) is 8.67. The molecule has 3 rings (SSSR count). The smallest absolute Gasteiger partial charge is 0.407 e. The van der Waals surface area contributed by atoms with Crippen molar-refractivity contribution in [3.63, 3.8) is 0 Å². The molecule has 0 saturated carbocycles. The minimum absolute atomic E-state index is 0. The summed E-state index contributed by atoms with van der Waals surface area (Å²) in [6, 6.07) is 14.4. The summed E-state index contributed by atoms with van der Waals surface area (Å²) in [4.78, 5) is 16.2. The maximum atomic E-state index is 11.8. The first kappa shape index (κ1) is 20.8. The van der Waals surface area contributed by atoms with Gasteiger partial charge < -0.3 is 27.0 Å². The topological polar surface area (TPSA) is 55.1 Å². The number of carbonyl (C=O) groups is 1. The average Bonchev–Trinajstić information content (AvgIpc) is 2.59. The summed E-state index contributed by atoms with van der Waals surface area (Å²) >= 11 is 0. The van der Waals surface area contributed by atoms with Crippen LogP contribution in [0.25, 0.3) is 10.8 Å². The third kappa shape index (κ3) is 6.32. The van der Waals surface area contributed by atoms with Crippen LogP contribution in [0, 0.1) is 0 Å². The van der Waals surface area contributed by atoms with Crippen molar-refractivity contribution in [1.82, 2.24) is 10.3 Å². The maximum Gasteiger partial charge on any atom is 0.407 e. The van der Waals surface area contributed by atoms with Crippen molar-refractivity contribution in [3.05, 3.63) is 72.3 Å². The first-order valence-corrected chi connectivity index (χ1v) is 8.67. The molecular weight excluding hydrogens is 406 g/mol. The lowest BCUT2D eigenvalue weighted by atomic mass is 10.2. The third-order valence-corrected chi connectivity index (χ3v) is 3.80. The quantitative estimate of drug-likeness (QED) is 0.617. The lowest BCUT2D eigenvalue weighted by Gasteiger charge is -2.19. The largest absolute Gasteiger partial charge is 1.00 e. The predicted molar refractivity (Wildman–Crippen MR) is 101 cm³/mol. The summed E-state index contributed by atoms with van der Waals surface area (Å²) in [7, 11) is 0. The number of amides is 1. The number of pyridine rings is 2. The molecular formula is C21H24BrN3O2. The monoisotopic (exact) mass is 429 g/mol. The summed E-state index contributed by atoms with van der Waals surface area (Å²) in [5.41, 5.74) is 1.53. The number of aromatic nitrogens is 2. The highest BCUT2D eigenvalue weighted by Gasteiger charge is 2.16. The molecule has 0 fully saturated rings. The Morgan fingerprint density at radius 1 is 1.15 bits per heavy atom. The van der Waals surface area contributed by atoms with Gasteiger partial charge in [0.2, 0.25) is 0 Å². The van der Waals surface area contributed by atoms with Crippen molar-refractivity contribution >= 4 is 16.9 Å². The minimum atomic E-state index is -0.510. The summed E-state index contributed by atoms with van der Waals surface area (Å²) in [6.45, 7) is 6.66. The van der Waals surface area contributed by atoms with Gasteiger partial charge in [0.25, 0.3) is 0 Å². The highest BCUT2D eigenvalue weighted by atomic mass is 79.9. The van der Waals surface area contributed by atoms with Gasteiger partial charge in [-0.2, -0.15) is 0 Å². The fraction of sp³-hybridized carbons (Fsp3) is 0.286. The normalized spacial score (nSPS) is 10.9. The van der Waals surface area contributed by atoms with E-state index in [1.165, 1.54) is 5.56 Å². The van der Waals surface area contributed by atoms with Crippen LogP contribution in [0.3, 0.4) is 0 Å². The zero-order chi connectivity index (χ0) is 18.6. The van der Waals surface area contributed by atoms with Crippen molar-refractivity contribution in [2.24, 2.45) is 0 Å². The molecule has 3 aromatic rings. The van der Waals surface area contributed by atoms with E-state index in [0.29, 0.717) is 6.54 Å². The van der Waals surface area contributed by atoms with Gasteiger partial charge in [-0.25, -0.2) is 9.36 Å². The van der Waals surface area contributed by atoms with Crippen LogP contribution < -0.4 is 26.9 Å². The van der Waals surface area contributed by atoms with Gasteiger partial charge in [-0.05, 0) is 26.8 Å². The van der Waals surface area contributed by atoms with E-state index in [9.17, 15) is 4.79 Å². The maximum absolute atomic E-state index is 11.8. The number of rotatable bonds is 4. The Morgan fingerprint density at radius 2 is 1.89 bits per heavy atom. The van der Waals surface area contributed by atoms with Gasteiger partial charge in [-0.3, -0.25) is 4.98 Å². The Morgan fingerprint density at radius 3 is 2.59 bits per heavy atom.